The molecular weight excluding hydrogens is 878 g/mol. The Kier molecular flexibility index (Phi) is 16.9. The lowest BCUT2D eigenvalue weighted by Crippen LogP contribution is -2.74. The summed E-state index contributed by atoms with van der Waals surface area (Å²) >= 11 is 0. The van der Waals surface area contributed by atoms with Crippen LogP contribution in [0.15, 0.2) is 48.5 Å². The number of carboxylic acids is 1. The lowest BCUT2D eigenvalue weighted by atomic mass is 9.89. The van der Waals surface area contributed by atoms with Gasteiger partial charge in [0.2, 0.25) is 5.91 Å². The monoisotopic (exact) mass is 929 g/mol. The number of hydrogen-bond acceptors (Lipinski definition) is 20. The molecule has 2 N–H and O–H groups in total. The van der Waals surface area contributed by atoms with E-state index in [0.717, 1.165) is 70.7 Å². The molecule has 22 heteroatoms. The van der Waals surface area contributed by atoms with Crippen molar-refractivity contribution in [2.24, 2.45) is 5.92 Å². The molecule has 0 aromatic heterocycles. The molecule has 0 radical (unpaired) electrons. The van der Waals surface area contributed by atoms with E-state index in [2.05, 4.69) is 0 Å². The van der Waals surface area contributed by atoms with E-state index in [1.165, 1.54) is 0 Å². The van der Waals surface area contributed by atoms with E-state index >= 15 is 0 Å². The normalized spacial score (nSPS) is 25.9. The molecule has 0 spiro atoms. The van der Waals surface area contributed by atoms with Crippen molar-refractivity contribution in [1.82, 2.24) is 4.90 Å². The molecule has 11 atom stereocenters. The number of amides is 1. The fourth-order valence-corrected chi connectivity index (χ4v) is 8.27. The van der Waals surface area contributed by atoms with Crippen LogP contribution < -0.4 is 0 Å². The predicted octanol–water partition coefficient (Wildman–Crippen LogP) is 0.940. The Morgan fingerprint density at radius 1 is 0.576 bits per heavy atom. The molecular formula is C44H51NO21. The van der Waals surface area contributed by atoms with Crippen LogP contribution in [0.4, 0.5) is 0 Å². The fraction of sp³-hybridized carbons (Fsp3) is 0.523. The smallest absolute Gasteiger partial charge is 0.322 e. The quantitative estimate of drug-likeness (QED) is 0.127. The molecule has 2 heterocycles. The Labute approximate surface area is 377 Å². The van der Waals surface area contributed by atoms with Crippen molar-refractivity contribution in [2.75, 3.05) is 26.4 Å². The molecule has 2 aromatic rings. The van der Waals surface area contributed by atoms with E-state index in [1.807, 2.05) is 48.5 Å². The van der Waals surface area contributed by atoms with E-state index in [0.29, 0.717) is 4.90 Å². The minimum absolute atomic E-state index is 0.278. The van der Waals surface area contributed by atoms with Gasteiger partial charge in [0.1, 0.15) is 44.1 Å². The summed E-state index contributed by atoms with van der Waals surface area (Å²) in [6.45, 7) is 4.16. The highest BCUT2D eigenvalue weighted by Gasteiger charge is 2.60. The molecule has 1 unspecified atom stereocenters. The summed E-state index contributed by atoms with van der Waals surface area (Å²) in [5, 5.41) is 22.1. The van der Waals surface area contributed by atoms with E-state index < -0.39 is 147 Å². The number of benzene rings is 2. The minimum Gasteiger partial charge on any atom is -0.481 e. The number of aliphatic carboxylic acids is 1. The average Bonchev–Trinajstić information content (AvgIpc) is 3.54. The van der Waals surface area contributed by atoms with Gasteiger partial charge in [0.25, 0.3) is 0 Å². The van der Waals surface area contributed by atoms with Gasteiger partial charge in [-0.1, -0.05) is 48.5 Å². The lowest BCUT2D eigenvalue weighted by Gasteiger charge is -2.53. The van der Waals surface area contributed by atoms with Crippen molar-refractivity contribution in [3.05, 3.63) is 59.7 Å². The molecule has 1 aliphatic carbocycles. The number of aliphatic hydroxyl groups excluding tert-OH is 1. The second kappa shape index (κ2) is 22.1. The topological polar surface area (TPSA) is 290 Å². The average molecular weight is 930 g/mol. The van der Waals surface area contributed by atoms with Crippen molar-refractivity contribution >= 4 is 53.7 Å². The molecule has 5 rings (SSSR count). The Morgan fingerprint density at radius 3 is 1.45 bits per heavy atom. The van der Waals surface area contributed by atoms with Crippen LogP contribution in [0.25, 0.3) is 11.1 Å². The van der Waals surface area contributed by atoms with Gasteiger partial charge < -0.3 is 62.5 Å². The zero-order valence-electron chi connectivity index (χ0n) is 37.0. The third-order valence-corrected chi connectivity index (χ3v) is 10.7. The van der Waals surface area contributed by atoms with Gasteiger partial charge in [0.15, 0.2) is 42.9 Å². The molecule has 2 saturated heterocycles. The standard InChI is InChI=1S/C44H51NO21/c1-20(46)45(35-39(63-25(6)51)37(61-23(4)49)33(65-43(35)56)18-57-21(2)47)36-40(64-26(7)52)38(62-24(5)50)34(19-58-22(3)48)66-44(36)60-17-32(41(53)54)42(55)59-16-31-29-14-10-8-12-27(29)28-13-9-11-15-30(28)31/h8-15,31-40,43-44,56H,16-19H2,1-7H3,(H,53,54)/t32?,33-,34-,35-,36+,37-,38-,39-,40-,43-,44+/m1/s1. The van der Waals surface area contributed by atoms with E-state index in [9.17, 15) is 53.4 Å². The maximum Gasteiger partial charge on any atom is 0.322 e. The predicted molar refractivity (Wildman–Crippen MR) is 217 cm³/mol. The molecule has 358 valence electrons. The van der Waals surface area contributed by atoms with E-state index in [4.69, 9.17) is 47.4 Å². The Balaban J connectivity index is 1.58. The minimum atomic E-state index is -2.23. The summed E-state index contributed by atoms with van der Waals surface area (Å²) in [6, 6.07) is 10.9. The maximum atomic E-state index is 14.1. The van der Waals surface area contributed by atoms with Gasteiger partial charge in [-0.05, 0) is 22.3 Å². The summed E-state index contributed by atoms with van der Waals surface area (Å²) in [4.78, 5) is 116. The first-order valence-corrected chi connectivity index (χ1v) is 20.6. The molecule has 22 nitrogen and oxygen atoms in total. The Bertz CT molecular complexity index is 2130. The van der Waals surface area contributed by atoms with Crippen LogP contribution in [-0.2, 0) is 90.5 Å². The molecule has 0 saturated carbocycles. The molecule has 66 heavy (non-hydrogen) atoms. The highest BCUT2D eigenvalue weighted by atomic mass is 16.7. The highest BCUT2D eigenvalue weighted by Crippen LogP contribution is 2.45. The number of aliphatic hydroxyl groups is 1. The van der Waals surface area contributed by atoms with Gasteiger partial charge >= 0.3 is 47.8 Å². The van der Waals surface area contributed by atoms with Crippen molar-refractivity contribution < 1.29 is 101 Å². The van der Waals surface area contributed by atoms with Crippen molar-refractivity contribution in [3.8, 4) is 11.1 Å². The number of fused-ring (bicyclic) bond motifs is 3. The molecule has 3 aliphatic rings. The first-order chi connectivity index (χ1) is 31.2. The second-order valence-electron chi connectivity index (χ2n) is 15.5. The first kappa shape index (κ1) is 50.5. The van der Waals surface area contributed by atoms with Gasteiger partial charge in [0, 0.05) is 54.4 Å². The van der Waals surface area contributed by atoms with Crippen LogP contribution in [0.5, 0.6) is 0 Å². The molecule has 2 aromatic carbocycles. The van der Waals surface area contributed by atoms with Crippen LogP contribution in [-0.4, -0.2) is 156 Å². The largest absolute Gasteiger partial charge is 0.481 e. The third kappa shape index (κ3) is 12.0. The SMILES string of the molecule is CC(=O)OC[C@H]1O[C@H](OCC(C(=O)O)C(=O)OCC2c3ccccc3-c3ccccc32)[C@@H](N(C(C)=O)[C@@H]2[C@@H](OC(C)=O)[C@H](OC(C)=O)[C@@H](COC(C)=O)O[C@H]2O)[C@@H](OC(C)=O)[C@@H]1OC(C)=O. The van der Waals surface area contributed by atoms with Crippen LogP contribution in [0.2, 0.25) is 0 Å². The highest BCUT2D eigenvalue weighted by molar-refractivity contribution is 5.94. The van der Waals surface area contributed by atoms with Gasteiger partial charge in [-0.15, -0.1) is 0 Å². The first-order valence-electron chi connectivity index (χ1n) is 20.6. The summed E-state index contributed by atoms with van der Waals surface area (Å²) in [5.74, 6) is -12.3. The summed E-state index contributed by atoms with van der Waals surface area (Å²) in [5.41, 5.74) is 3.49. The summed E-state index contributed by atoms with van der Waals surface area (Å²) in [7, 11) is 0. The number of hydrogen-bond donors (Lipinski definition) is 2. The number of rotatable bonds is 17. The number of esters is 7. The molecule has 0 bridgehead atoms. The molecule has 2 aliphatic heterocycles. The van der Waals surface area contributed by atoms with Gasteiger partial charge in [-0.2, -0.15) is 0 Å². The zero-order chi connectivity index (χ0) is 48.6. The second-order valence-corrected chi connectivity index (χ2v) is 15.5. The van der Waals surface area contributed by atoms with Crippen molar-refractivity contribution in [1.29, 1.82) is 0 Å². The van der Waals surface area contributed by atoms with E-state index in [1.54, 1.807) is 0 Å². The number of ether oxygens (including phenoxy) is 10. The number of carboxylic acid groups (broad SMARTS) is 1. The third-order valence-electron chi connectivity index (χ3n) is 10.7. The Morgan fingerprint density at radius 2 is 1.02 bits per heavy atom. The molecule has 2 fully saturated rings. The summed E-state index contributed by atoms with van der Waals surface area (Å²) in [6.07, 6.45) is -14.8. The van der Waals surface area contributed by atoms with Crippen LogP contribution in [0.1, 0.15) is 65.5 Å². The van der Waals surface area contributed by atoms with Gasteiger partial charge in [0.05, 0.1) is 6.61 Å². The Hall–Kier alpha value is -6.49. The number of nitrogens with zero attached hydrogens (tertiary/aromatic N) is 1. The van der Waals surface area contributed by atoms with E-state index in [-0.39, 0.29) is 6.61 Å². The number of carbonyl (C=O) groups is 9. The molecule has 1 amide bonds. The maximum absolute atomic E-state index is 14.1. The van der Waals surface area contributed by atoms with Crippen molar-refractivity contribution in [2.45, 2.75) is 116 Å². The van der Waals surface area contributed by atoms with Gasteiger partial charge in [-0.25, -0.2) is 0 Å². The van der Waals surface area contributed by atoms with Crippen molar-refractivity contribution in [3.63, 3.8) is 0 Å². The summed E-state index contributed by atoms with van der Waals surface area (Å²) < 4.78 is 56.1. The van der Waals surface area contributed by atoms with Crippen LogP contribution in [0.3, 0.4) is 0 Å². The fourth-order valence-electron chi connectivity index (χ4n) is 8.27. The van der Waals surface area contributed by atoms with Crippen LogP contribution >= 0.6 is 0 Å². The van der Waals surface area contributed by atoms with Crippen LogP contribution in [0, 0.1) is 5.92 Å². The van der Waals surface area contributed by atoms with Gasteiger partial charge in [-0.3, -0.25) is 43.2 Å². The lowest BCUT2D eigenvalue weighted by molar-refractivity contribution is -0.318. The zero-order valence-corrected chi connectivity index (χ0v) is 37.0. The number of carbonyl (C=O) groups excluding carboxylic acids is 8.